The van der Waals surface area contributed by atoms with E-state index in [0.29, 0.717) is 6.54 Å². The summed E-state index contributed by atoms with van der Waals surface area (Å²) in [6, 6.07) is -0.731. The number of nitrogens with zero attached hydrogens (tertiary/aromatic N) is 1. The molecule has 19 heavy (non-hydrogen) atoms. The zero-order valence-electron chi connectivity index (χ0n) is 12.5. The third-order valence-electron chi connectivity index (χ3n) is 3.87. The number of nitrogens with one attached hydrogen (secondary N) is 1. The maximum Gasteiger partial charge on any atom is 0.246 e. The summed E-state index contributed by atoms with van der Waals surface area (Å²) in [5.41, 5.74) is 0. The summed E-state index contributed by atoms with van der Waals surface area (Å²) in [4.78, 5) is 26.6. The standard InChI is InChI=1S/C15H26N2O2/c1-6-8-9-17-13(10(3)4)14(18)16-12(15(17)19)11(5)7-2/h6,10-13H,1,7-9H2,2-5H3,(H,16,18). The van der Waals surface area contributed by atoms with Crippen LogP contribution in [0.5, 0.6) is 0 Å². The van der Waals surface area contributed by atoms with Gasteiger partial charge in [0.1, 0.15) is 12.1 Å². The first-order valence-electron chi connectivity index (χ1n) is 7.15. The molecule has 1 saturated heterocycles. The summed E-state index contributed by atoms with van der Waals surface area (Å²) in [6.07, 6.45) is 3.38. The van der Waals surface area contributed by atoms with E-state index in [9.17, 15) is 9.59 Å². The smallest absolute Gasteiger partial charge is 0.246 e. The molecule has 1 heterocycles. The third kappa shape index (κ3) is 3.37. The van der Waals surface area contributed by atoms with Gasteiger partial charge in [-0.05, 0) is 18.3 Å². The van der Waals surface area contributed by atoms with E-state index in [0.717, 1.165) is 12.8 Å². The minimum Gasteiger partial charge on any atom is -0.342 e. The molecule has 0 bridgehead atoms. The molecular weight excluding hydrogens is 240 g/mol. The van der Waals surface area contributed by atoms with Gasteiger partial charge < -0.3 is 10.2 Å². The minimum atomic E-state index is -0.377. The SMILES string of the molecule is C=CCCN1C(=O)C(C(C)CC)NC(=O)C1C(C)C. The average molecular weight is 266 g/mol. The average Bonchev–Trinajstić information content (AvgIpc) is 2.37. The highest BCUT2D eigenvalue weighted by Gasteiger charge is 2.42. The molecule has 0 aromatic carbocycles. The van der Waals surface area contributed by atoms with Gasteiger partial charge >= 0.3 is 0 Å². The van der Waals surface area contributed by atoms with Crippen LogP contribution in [-0.4, -0.2) is 35.3 Å². The lowest BCUT2D eigenvalue weighted by molar-refractivity contribution is -0.152. The Morgan fingerprint density at radius 1 is 1.37 bits per heavy atom. The van der Waals surface area contributed by atoms with Crippen LogP contribution in [0.15, 0.2) is 12.7 Å². The van der Waals surface area contributed by atoms with Crippen molar-refractivity contribution in [1.82, 2.24) is 10.2 Å². The van der Waals surface area contributed by atoms with Gasteiger partial charge in [0.05, 0.1) is 0 Å². The van der Waals surface area contributed by atoms with Crippen molar-refractivity contribution in [2.45, 2.75) is 52.6 Å². The molecule has 0 spiro atoms. The van der Waals surface area contributed by atoms with E-state index in [4.69, 9.17) is 0 Å². The lowest BCUT2D eigenvalue weighted by Crippen LogP contribution is -2.66. The second kappa shape index (κ2) is 6.73. The van der Waals surface area contributed by atoms with E-state index in [1.165, 1.54) is 0 Å². The summed E-state index contributed by atoms with van der Waals surface area (Å²) in [7, 11) is 0. The first kappa shape index (κ1) is 15.7. The fraction of sp³-hybridized carbons (Fsp3) is 0.733. The largest absolute Gasteiger partial charge is 0.342 e. The van der Waals surface area contributed by atoms with E-state index in [1.54, 1.807) is 11.0 Å². The maximum absolute atomic E-state index is 12.6. The lowest BCUT2D eigenvalue weighted by atomic mass is 9.90. The van der Waals surface area contributed by atoms with Gasteiger partial charge in [-0.15, -0.1) is 6.58 Å². The van der Waals surface area contributed by atoms with Crippen LogP contribution in [0.3, 0.4) is 0 Å². The molecular formula is C15H26N2O2. The van der Waals surface area contributed by atoms with E-state index in [2.05, 4.69) is 11.9 Å². The van der Waals surface area contributed by atoms with E-state index in [-0.39, 0.29) is 35.7 Å². The highest BCUT2D eigenvalue weighted by Crippen LogP contribution is 2.22. The Kier molecular flexibility index (Phi) is 5.58. The molecule has 1 N–H and O–H groups in total. The molecule has 3 unspecified atom stereocenters. The van der Waals surface area contributed by atoms with E-state index in [1.807, 2.05) is 27.7 Å². The molecule has 1 aliphatic rings. The molecule has 3 atom stereocenters. The third-order valence-corrected chi connectivity index (χ3v) is 3.87. The minimum absolute atomic E-state index is 0.0241. The van der Waals surface area contributed by atoms with Gasteiger partial charge in [-0.2, -0.15) is 0 Å². The second-order valence-electron chi connectivity index (χ2n) is 5.67. The van der Waals surface area contributed by atoms with Crippen molar-refractivity contribution < 1.29 is 9.59 Å². The van der Waals surface area contributed by atoms with Gasteiger partial charge in [0, 0.05) is 6.54 Å². The molecule has 0 aromatic heterocycles. The number of piperazine rings is 1. The number of carbonyl (C=O) groups excluding carboxylic acids is 2. The normalized spacial score (nSPS) is 25.4. The number of rotatable bonds is 6. The highest BCUT2D eigenvalue weighted by atomic mass is 16.2. The quantitative estimate of drug-likeness (QED) is 0.747. The van der Waals surface area contributed by atoms with Gasteiger partial charge in [0.2, 0.25) is 11.8 Å². The van der Waals surface area contributed by atoms with Crippen molar-refractivity contribution in [3.05, 3.63) is 12.7 Å². The summed E-state index contributed by atoms with van der Waals surface area (Å²) in [6.45, 7) is 12.3. The topological polar surface area (TPSA) is 49.4 Å². The molecule has 0 radical (unpaired) electrons. The van der Waals surface area contributed by atoms with E-state index >= 15 is 0 Å². The van der Waals surface area contributed by atoms with Crippen molar-refractivity contribution in [1.29, 1.82) is 0 Å². The summed E-state index contributed by atoms with van der Waals surface area (Å²) < 4.78 is 0. The van der Waals surface area contributed by atoms with Gasteiger partial charge in [0.15, 0.2) is 0 Å². The molecule has 108 valence electrons. The van der Waals surface area contributed by atoms with Crippen LogP contribution in [0.25, 0.3) is 0 Å². The molecule has 1 fully saturated rings. The van der Waals surface area contributed by atoms with Crippen LogP contribution < -0.4 is 5.32 Å². The first-order chi connectivity index (χ1) is 8.93. The summed E-state index contributed by atoms with van der Waals surface area (Å²) in [5, 5.41) is 2.90. The molecule has 1 rings (SSSR count). The molecule has 4 nitrogen and oxygen atoms in total. The zero-order chi connectivity index (χ0) is 14.6. The first-order valence-corrected chi connectivity index (χ1v) is 7.15. The van der Waals surface area contributed by atoms with Crippen molar-refractivity contribution in [3.63, 3.8) is 0 Å². The van der Waals surface area contributed by atoms with Gasteiger partial charge in [-0.3, -0.25) is 9.59 Å². The van der Waals surface area contributed by atoms with Crippen LogP contribution in [0.1, 0.15) is 40.5 Å². The molecule has 0 aromatic rings. The molecule has 1 aliphatic heterocycles. The number of carbonyl (C=O) groups is 2. The predicted molar refractivity (Wildman–Crippen MR) is 76.5 cm³/mol. The predicted octanol–water partition coefficient (Wildman–Crippen LogP) is 1.96. The molecule has 0 saturated carbocycles. The molecule has 2 amide bonds. The fourth-order valence-corrected chi connectivity index (χ4v) is 2.52. The Hall–Kier alpha value is -1.32. The van der Waals surface area contributed by atoms with Crippen LogP contribution >= 0.6 is 0 Å². The Bertz CT molecular complexity index is 352. The number of hydrogen-bond donors (Lipinski definition) is 1. The Balaban J connectivity index is 2.97. The number of amides is 2. The van der Waals surface area contributed by atoms with Crippen molar-refractivity contribution in [2.75, 3.05) is 6.54 Å². The summed E-state index contributed by atoms with van der Waals surface area (Å²) >= 11 is 0. The summed E-state index contributed by atoms with van der Waals surface area (Å²) in [5.74, 6) is 0.306. The highest BCUT2D eigenvalue weighted by molar-refractivity contribution is 5.97. The monoisotopic (exact) mass is 266 g/mol. The lowest BCUT2D eigenvalue weighted by Gasteiger charge is -2.42. The molecule has 4 heteroatoms. The van der Waals surface area contributed by atoms with Gasteiger partial charge in [-0.25, -0.2) is 0 Å². The maximum atomic E-state index is 12.6. The van der Waals surface area contributed by atoms with Crippen molar-refractivity contribution >= 4 is 11.8 Å². The zero-order valence-corrected chi connectivity index (χ0v) is 12.5. The van der Waals surface area contributed by atoms with Crippen molar-refractivity contribution in [2.24, 2.45) is 11.8 Å². The van der Waals surface area contributed by atoms with Gasteiger partial charge in [0.25, 0.3) is 0 Å². The van der Waals surface area contributed by atoms with Crippen LogP contribution in [0.4, 0.5) is 0 Å². The Morgan fingerprint density at radius 3 is 2.47 bits per heavy atom. The Morgan fingerprint density at radius 2 is 2.00 bits per heavy atom. The van der Waals surface area contributed by atoms with Crippen LogP contribution in [-0.2, 0) is 9.59 Å². The molecule has 0 aliphatic carbocycles. The van der Waals surface area contributed by atoms with Crippen LogP contribution in [0, 0.1) is 11.8 Å². The van der Waals surface area contributed by atoms with Crippen molar-refractivity contribution in [3.8, 4) is 0 Å². The van der Waals surface area contributed by atoms with Crippen LogP contribution in [0.2, 0.25) is 0 Å². The van der Waals surface area contributed by atoms with E-state index < -0.39 is 0 Å². The second-order valence-corrected chi connectivity index (χ2v) is 5.67. The van der Waals surface area contributed by atoms with Gasteiger partial charge in [-0.1, -0.05) is 40.2 Å². The number of hydrogen-bond acceptors (Lipinski definition) is 2. The Labute approximate surface area is 116 Å². The fourth-order valence-electron chi connectivity index (χ4n) is 2.52.